The van der Waals surface area contributed by atoms with Crippen LogP contribution in [0.5, 0.6) is 0 Å². The molecule has 2 bridgehead atoms. The smallest absolute Gasteiger partial charge is 0.0907 e. The molecule has 2 aliphatic carbocycles. The average Bonchev–Trinajstić information content (AvgIpc) is 3.04. The summed E-state index contributed by atoms with van der Waals surface area (Å²) in [5.41, 5.74) is 9.20. The summed E-state index contributed by atoms with van der Waals surface area (Å²) in [5, 5.41) is 4.78. The Bertz CT molecular complexity index is 634. The maximum absolute atomic E-state index is 6.19. The van der Waals surface area contributed by atoms with E-state index >= 15 is 0 Å². The van der Waals surface area contributed by atoms with Gasteiger partial charge < -0.3 is 11.1 Å². The SMILES string of the molecule is Cc1nc2cc(NC3CC4CCC3C4)c(N)cc2s1. The van der Waals surface area contributed by atoms with E-state index in [0.29, 0.717) is 6.04 Å². The number of nitrogens with zero attached hydrogens (tertiary/aromatic N) is 1. The number of nitrogens with two attached hydrogens (primary N) is 1. The van der Waals surface area contributed by atoms with Crippen molar-refractivity contribution in [1.82, 2.24) is 4.98 Å². The Balaban J connectivity index is 1.65. The van der Waals surface area contributed by atoms with Gasteiger partial charge in [0.2, 0.25) is 0 Å². The number of hydrogen-bond acceptors (Lipinski definition) is 4. The highest BCUT2D eigenvalue weighted by molar-refractivity contribution is 7.18. The molecule has 3 atom stereocenters. The lowest BCUT2D eigenvalue weighted by molar-refractivity contribution is 0.440. The second-order valence-electron chi connectivity index (χ2n) is 6.07. The molecule has 2 saturated carbocycles. The zero-order chi connectivity index (χ0) is 13.0. The van der Waals surface area contributed by atoms with Gasteiger partial charge in [-0.25, -0.2) is 4.98 Å². The van der Waals surface area contributed by atoms with Gasteiger partial charge in [0.25, 0.3) is 0 Å². The molecule has 3 nitrogen and oxygen atoms in total. The molecule has 1 heterocycles. The van der Waals surface area contributed by atoms with E-state index in [2.05, 4.69) is 22.4 Å². The predicted molar refractivity (Wildman–Crippen MR) is 81.6 cm³/mol. The standard InChI is InChI=1S/C15H19N3S/c1-8-17-14-7-13(11(16)6-15(14)19-8)18-12-5-9-2-3-10(12)4-9/h6-7,9-10,12,18H,2-5,16H2,1H3. The van der Waals surface area contributed by atoms with Crippen LogP contribution >= 0.6 is 11.3 Å². The fourth-order valence-corrected chi connectivity index (χ4v) is 4.71. The lowest BCUT2D eigenvalue weighted by atomic mass is 9.95. The summed E-state index contributed by atoms with van der Waals surface area (Å²) < 4.78 is 1.19. The number of hydrogen-bond donors (Lipinski definition) is 2. The van der Waals surface area contributed by atoms with Gasteiger partial charge in [-0.15, -0.1) is 11.3 Å². The summed E-state index contributed by atoms with van der Waals surface area (Å²) in [4.78, 5) is 4.56. The van der Waals surface area contributed by atoms with Crippen molar-refractivity contribution in [3.05, 3.63) is 17.1 Å². The lowest BCUT2D eigenvalue weighted by Gasteiger charge is -2.24. The van der Waals surface area contributed by atoms with Crippen LogP contribution in [0.2, 0.25) is 0 Å². The Morgan fingerprint density at radius 1 is 1.32 bits per heavy atom. The fraction of sp³-hybridized carbons (Fsp3) is 0.533. The molecule has 0 saturated heterocycles. The van der Waals surface area contributed by atoms with Crippen LogP contribution in [0.4, 0.5) is 11.4 Å². The van der Waals surface area contributed by atoms with Gasteiger partial charge in [0.1, 0.15) is 0 Å². The zero-order valence-corrected chi connectivity index (χ0v) is 12.0. The number of rotatable bonds is 2. The van der Waals surface area contributed by atoms with Crippen LogP contribution in [0.15, 0.2) is 12.1 Å². The van der Waals surface area contributed by atoms with Crippen LogP contribution in [0, 0.1) is 18.8 Å². The predicted octanol–water partition coefficient (Wildman–Crippen LogP) is 3.79. The molecular weight excluding hydrogens is 254 g/mol. The van der Waals surface area contributed by atoms with Crippen molar-refractivity contribution >= 4 is 32.9 Å². The summed E-state index contributed by atoms with van der Waals surface area (Å²) in [7, 11) is 0. The molecule has 0 aliphatic heterocycles. The van der Waals surface area contributed by atoms with E-state index in [4.69, 9.17) is 5.73 Å². The second kappa shape index (κ2) is 4.10. The van der Waals surface area contributed by atoms with Gasteiger partial charge in [-0.3, -0.25) is 0 Å². The number of nitrogens with one attached hydrogen (secondary N) is 1. The van der Waals surface area contributed by atoms with E-state index in [-0.39, 0.29) is 0 Å². The zero-order valence-electron chi connectivity index (χ0n) is 11.1. The molecule has 1 aromatic heterocycles. The van der Waals surface area contributed by atoms with Crippen molar-refractivity contribution in [1.29, 1.82) is 0 Å². The summed E-state index contributed by atoms with van der Waals surface area (Å²) in [6.45, 7) is 2.05. The third kappa shape index (κ3) is 1.89. The highest BCUT2D eigenvalue weighted by atomic mass is 32.1. The Hall–Kier alpha value is -1.29. The van der Waals surface area contributed by atoms with Gasteiger partial charge >= 0.3 is 0 Å². The van der Waals surface area contributed by atoms with Crippen LogP contribution in [-0.2, 0) is 0 Å². The van der Waals surface area contributed by atoms with Gasteiger partial charge in [-0.05, 0) is 50.2 Å². The largest absolute Gasteiger partial charge is 0.397 e. The van der Waals surface area contributed by atoms with E-state index in [1.165, 1.54) is 30.4 Å². The summed E-state index contributed by atoms with van der Waals surface area (Å²) in [5.74, 6) is 1.81. The van der Waals surface area contributed by atoms with E-state index in [1.807, 2.05) is 6.92 Å². The maximum Gasteiger partial charge on any atom is 0.0907 e. The molecular formula is C15H19N3S. The number of thiazole rings is 1. The monoisotopic (exact) mass is 273 g/mol. The van der Waals surface area contributed by atoms with Crippen LogP contribution in [0.1, 0.15) is 30.7 Å². The van der Waals surface area contributed by atoms with Gasteiger partial charge in [0.15, 0.2) is 0 Å². The number of aryl methyl sites for hydroxylation is 1. The molecule has 2 fully saturated rings. The molecule has 2 aliphatic rings. The fourth-order valence-electron chi connectivity index (χ4n) is 3.85. The number of benzene rings is 1. The minimum atomic E-state index is 0.623. The van der Waals surface area contributed by atoms with Gasteiger partial charge in [-0.2, -0.15) is 0 Å². The first-order chi connectivity index (χ1) is 9.19. The third-order valence-corrected chi connectivity index (χ3v) is 5.68. The lowest BCUT2D eigenvalue weighted by Crippen LogP contribution is -2.26. The minimum Gasteiger partial charge on any atom is -0.397 e. The van der Waals surface area contributed by atoms with Crippen molar-refractivity contribution in [3.8, 4) is 0 Å². The molecule has 1 aromatic carbocycles. The Morgan fingerprint density at radius 2 is 2.21 bits per heavy atom. The van der Waals surface area contributed by atoms with E-state index in [9.17, 15) is 0 Å². The molecule has 0 radical (unpaired) electrons. The second-order valence-corrected chi connectivity index (χ2v) is 7.30. The number of aromatic nitrogens is 1. The normalized spacial score (nSPS) is 29.2. The highest BCUT2D eigenvalue weighted by Crippen LogP contribution is 2.46. The van der Waals surface area contributed by atoms with E-state index in [0.717, 1.165) is 33.7 Å². The topological polar surface area (TPSA) is 50.9 Å². The van der Waals surface area contributed by atoms with Crippen LogP contribution in [0.25, 0.3) is 10.2 Å². The minimum absolute atomic E-state index is 0.623. The van der Waals surface area contributed by atoms with Crippen molar-refractivity contribution in [3.63, 3.8) is 0 Å². The number of nitrogen functional groups attached to an aromatic ring is 1. The molecule has 4 rings (SSSR count). The van der Waals surface area contributed by atoms with Crippen LogP contribution in [0.3, 0.4) is 0 Å². The number of anilines is 2. The van der Waals surface area contributed by atoms with Crippen LogP contribution < -0.4 is 11.1 Å². The van der Waals surface area contributed by atoms with Gasteiger partial charge in [-0.1, -0.05) is 6.42 Å². The van der Waals surface area contributed by atoms with Crippen molar-refractivity contribution in [2.45, 2.75) is 38.6 Å². The van der Waals surface area contributed by atoms with Crippen molar-refractivity contribution in [2.75, 3.05) is 11.1 Å². The Morgan fingerprint density at radius 3 is 2.95 bits per heavy atom. The van der Waals surface area contributed by atoms with Gasteiger partial charge in [0, 0.05) is 6.04 Å². The summed E-state index contributed by atoms with van der Waals surface area (Å²) in [6.07, 6.45) is 5.55. The molecule has 100 valence electrons. The quantitative estimate of drug-likeness (QED) is 0.819. The Kier molecular flexibility index (Phi) is 2.49. The van der Waals surface area contributed by atoms with E-state index < -0.39 is 0 Å². The van der Waals surface area contributed by atoms with Crippen molar-refractivity contribution < 1.29 is 0 Å². The molecule has 3 N–H and O–H groups in total. The summed E-state index contributed by atoms with van der Waals surface area (Å²) in [6, 6.07) is 4.81. The van der Waals surface area contributed by atoms with E-state index in [1.54, 1.807) is 11.3 Å². The molecule has 0 spiro atoms. The number of fused-ring (bicyclic) bond motifs is 3. The first-order valence-electron chi connectivity index (χ1n) is 7.12. The Labute approximate surface area is 117 Å². The first kappa shape index (κ1) is 11.5. The molecule has 19 heavy (non-hydrogen) atoms. The van der Waals surface area contributed by atoms with Gasteiger partial charge in [0.05, 0.1) is 26.6 Å². The molecule has 0 amide bonds. The third-order valence-electron chi connectivity index (χ3n) is 4.75. The molecule has 2 aromatic rings. The average molecular weight is 273 g/mol. The molecule has 4 heteroatoms. The maximum atomic E-state index is 6.19. The van der Waals surface area contributed by atoms with Crippen LogP contribution in [-0.4, -0.2) is 11.0 Å². The van der Waals surface area contributed by atoms with Crippen molar-refractivity contribution in [2.24, 2.45) is 11.8 Å². The highest BCUT2D eigenvalue weighted by Gasteiger charge is 2.39. The first-order valence-corrected chi connectivity index (χ1v) is 7.94. The summed E-state index contributed by atoms with van der Waals surface area (Å²) >= 11 is 1.71. The molecule has 3 unspecified atom stereocenters.